The third-order valence-corrected chi connectivity index (χ3v) is 4.33. The second kappa shape index (κ2) is 11.1. The maximum Gasteiger partial charge on any atom is 0.251 e. The lowest BCUT2D eigenvalue weighted by Crippen LogP contribution is -2.41. The molecule has 1 atom stereocenters. The Bertz CT molecular complexity index is 764. The normalized spacial score (nSPS) is 12.4. The number of hydrogen-bond acceptors (Lipinski definition) is 3. The Morgan fingerprint density at radius 3 is 2.30 bits per heavy atom. The zero-order valence-electron chi connectivity index (χ0n) is 15.1. The number of Topliss-reactive ketones (excluding diaryl/α,β-unsaturated/α-hetero) is 1. The lowest BCUT2D eigenvalue weighted by atomic mass is 9.99. The summed E-state index contributed by atoms with van der Waals surface area (Å²) in [5, 5.41) is 2.86. The average Bonchev–Trinajstić information content (AvgIpc) is 2.71. The van der Waals surface area contributed by atoms with E-state index in [9.17, 15) is 9.59 Å². The summed E-state index contributed by atoms with van der Waals surface area (Å²) in [6.45, 7) is 0.467. The van der Waals surface area contributed by atoms with Crippen LogP contribution in [-0.4, -0.2) is 36.0 Å². The van der Waals surface area contributed by atoms with Crippen molar-refractivity contribution >= 4 is 29.1 Å². The SMILES string of the molecule is NC(CCl)=NCCCC(NC(=O)c1ccccc1)C(=O)Cc1ccccc1. The fraction of sp³-hybridized carbons (Fsp3) is 0.286. The van der Waals surface area contributed by atoms with E-state index < -0.39 is 6.04 Å². The van der Waals surface area contributed by atoms with Crippen molar-refractivity contribution in [2.45, 2.75) is 25.3 Å². The van der Waals surface area contributed by atoms with Gasteiger partial charge in [-0.3, -0.25) is 14.6 Å². The minimum absolute atomic E-state index is 0.0280. The van der Waals surface area contributed by atoms with Crippen molar-refractivity contribution in [3.05, 3.63) is 71.8 Å². The van der Waals surface area contributed by atoms with Gasteiger partial charge in [0.05, 0.1) is 11.9 Å². The molecule has 142 valence electrons. The van der Waals surface area contributed by atoms with E-state index in [1.54, 1.807) is 24.3 Å². The molecule has 0 heterocycles. The molecule has 0 aliphatic rings. The van der Waals surface area contributed by atoms with Crippen molar-refractivity contribution in [2.24, 2.45) is 10.7 Å². The van der Waals surface area contributed by atoms with Crippen molar-refractivity contribution in [2.75, 3.05) is 12.4 Å². The van der Waals surface area contributed by atoms with Gasteiger partial charge < -0.3 is 11.1 Å². The number of aliphatic imine (C=N–C) groups is 1. The molecule has 0 aromatic heterocycles. The monoisotopic (exact) mass is 385 g/mol. The Kier molecular flexibility index (Phi) is 8.52. The molecule has 0 saturated heterocycles. The highest BCUT2D eigenvalue weighted by molar-refractivity contribution is 6.27. The van der Waals surface area contributed by atoms with Crippen molar-refractivity contribution in [1.29, 1.82) is 0 Å². The molecule has 27 heavy (non-hydrogen) atoms. The van der Waals surface area contributed by atoms with Gasteiger partial charge >= 0.3 is 0 Å². The second-order valence-corrected chi connectivity index (χ2v) is 6.44. The number of hydrogen-bond donors (Lipinski definition) is 2. The molecule has 2 aromatic carbocycles. The highest BCUT2D eigenvalue weighted by Gasteiger charge is 2.21. The standard InChI is InChI=1S/C21H24ClN3O2/c22-15-20(23)24-13-7-12-18(19(26)14-16-8-3-1-4-9-16)25-21(27)17-10-5-2-6-11-17/h1-6,8-11,18H,7,12-15H2,(H2,23,24)(H,25,27). The van der Waals surface area contributed by atoms with Gasteiger partial charge in [0.1, 0.15) is 5.84 Å². The molecule has 2 aromatic rings. The molecule has 0 spiro atoms. The number of amidine groups is 1. The van der Waals surface area contributed by atoms with E-state index in [-0.39, 0.29) is 24.0 Å². The van der Waals surface area contributed by atoms with Gasteiger partial charge in [0, 0.05) is 18.5 Å². The van der Waals surface area contributed by atoms with Crippen LogP contribution in [0, 0.1) is 0 Å². The first-order valence-corrected chi connectivity index (χ1v) is 9.41. The van der Waals surface area contributed by atoms with E-state index in [2.05, 4.69) is 10.3 Å². The molecule has 1 unspecified atom stereocenters. The van der Waals surface area contributed by atoms with Crippen LogP contribution in [0.25, 0.3) is 0 Å². The Labute approximate surface area is 164 Å². The van der Waals surface area contributed by atoms with Crippen LogP contribution in [0.3, 0.4) is 0 Å². The van der Waals surface area contributed by atoms with Crippen LogP contribution >= 0.6 is 11.6 Å². The van der Waals surface area contributed by atoms with Gasteiger partial charge in [-0.25, -0.2) is 0 Å². The van der Waals surface area contributed by atoms with Gasteiger partial charge in [-0.05, 0) is 30.5 Å². The third-order valence-electron chi connectivity index (χ3n) is 4.05. The summed E-state index contributed by atoms with van der Waals surface area (Å²) in [6, 6.07) is 17.8. The van der Waals surface area contributed by atoms with Gasteiger partial charge in [0.25, 0.3) is 5.91 Å². The Morgan fingerprint density at radius 1 is 1.04 bits per heavy atom. The summed E-state index contributed by atoms with van der Waals surface area (Å²) < 4.78 is 0. The minimum Gasteiger partial charge on any atom is -0.386 e. The first-order chi connectivity index (χ1) is 13.1. The zero-order chi connectivity index (χ0) is 19.5. The number of rotatable bonds is 10. The summed E-state index contributed by atoms with van der Waals surface area (Å²) >= 11 is 5.60. The number of halogens is 1. The molecule has 0 radical (unpaired) electrons. The van der Waals surface area contributed by atoms with Crippen molar-refractivity contribution in [3.8, 4) is 0 Å². The molecule has 0 fully saturated rings. The topological polar surface area (TPSA) is 84.5 Å². The van der Waals surface area contributed by atoms with Crippen LogP contribution in [0.1, 0.15) is 28.8 Å². The predicted molar refractivity (Wildman–Crippen MR) is 109 cm³/mol. The molecule has 1 amide bonds. The van der Waals surface area contributed by atoms with E-state index in [0.717, 1.165) is 5.56 Å². The number of benzene rings is 2. The number of carbonyl (C=O) groups is 2. The van der Waals surface area contributed by atoms with Crippen LogP contribution in [-0.2, 0) is 11.2 Å². The van der Waals surface area contributed by atoms with Crippen molar-refractivity contribution in [3.63, 3.8) is 0 Å². The molecular formula is C21H24ClN3O2. The maximum absolute atomic E-state index is 12.8. The molecule has 2 rings (SSSR count). The minimum atomic E-state index is -0.578. The molecule has 0 aliphatic carbocycles. The first-order valence-electron chi connectivity index (χ1n) is 8.87. The van der Waals surface area contributed by atoms with E-state index in [1.807, 2.05) is 36.4 Å². The lowest BCUT2D eigenvalue weighted by molar-refractivity contribution is -0.120. The molecular weight excluding hydrogens is 362 g/mol. The predicted octanol–water partition coefficient (Wildman–Crippen LogP) is 2.97. The van der Waals surface area contributed by atoms with E-state index in [0.29, 0.717) is 30.8 Å². The lowest BCUT2D eigenvalue weighted by Gasteiger charge is -2.18. The number of ketones is 1. The van der Waals surface area contributed by atoms with E-state index in [1.165, 1.54) is 0 Å². The fourth-order valence-electron chi connectivity index (χ4n) is 2.63. The van der Waals surface area contributed by atoms with Crippen LogP contribution in [0.15, 0.2) is 65.7 Å². The number of nitrogens with zero attached hydrogens (tertiary/aromatic N) is 1. The van der Waals surface area contributed by atoms with E-state index in [4.69, 9.17) is 17.3 Å². The number of carbonyl (C=O) groups excluding carboxylic acids is 2. The number of alkyl halides is 1. The van der Waals surface area contributed by atoms with Gasteiger partial charge in [-0.1, -0.05) is 48.5 Å². The molecule has 0 bridgehead atoms. The quantitative estimate of drug-likeness (QED) is 0.285. The Morgan fingerprint density at radius 2 is 1.67 bits per heavy atom. The number of amides is 1. The van der Waals surface area contributed by atoms with Gasteiger partial charge in [-0.2, -0.15) is 0 Å². The van der Waals surface area contributed by atoms with Crippen LogP contribution in [0.5, 0.6) is 0 Å². The molecule has 5 nitrogen and oxygen atoms in total. The van der Waals surface area contributed by atoms with Crippen molar-refractivity contribution < 1.29 is 9.59 Å². The third kappa shape index (κ3) is 7.23. The van der Waals surface area contributed by atoms with Gasteiger partial charge in [-0.15, -0.1) is 11.6 Å². The zero-order valence-corrected chi connectivity index (χ0v) is 15.9. The molecule has 0 saturated carbocycles. The molecule has 0 aliphatic heterocycles. The number of nitrogens with one attached hydrogen (secondary N) is 1. The van der Waals surface area contributed by atoms with Crippen molar-refractivity contribution in [1.82, 2.24) is 5.32 Å². The highest BCUT2D eigenvalue weighted by Crippen LogP contribution is 2.08. The average molecular weight is 386 g/mol. The van der Waals surface area contributed by atoms with Gasteiger partial charge in [0.15, 0.2) is 5.78 Å². The van der Waals surface area contributed by atoms with Crippen LogP contribution in [0.4, 0.5) is 0 Å². The molecule has 3 N–H and O–H groups in total. The fourth-order valence-corrected chi connectivity index (χ4v) is 2.71. The largest absolute Gasteiger partial charge is 0.386 e. The molecule has 6 heteroatoms. The second-order valence-electron chi connectivity index (χ2n) is 6.17. The first kappa shape index (κ1) is 20.6. The van der Waals surface area contributed by atoms with E-state index >= 15 is 0 Å². The maximum atomic E-state index is 12.8. The summed E-state index contributed by atoms with van der Waals surface area (Å²) in [5.74, 6) is 0.267. The van der Waals surface area contributed by atoms with Crippen LogP contribution in [0.2, 0.25) is 0 Å². The summed E-state index contributed by atoms with van der Waals surface area (Å²) in [7, 11) is 0. The smallest absolute Gasteiger partial charge is 0.251 e. The Balaban J connectivity index is 2.02. The number of nitrogens with two attached hydrogens (primary N) is 1. The van der Waals surface area contributed by atoms with Gasteiger partial charge in [0.2, 0.25) is 0 Å². The summed E-state index contributed by atoms with van der Waals surface area (Å²) in [4.78, 5) is 29.4. The summed E-state index contributed by atoms with van der Waals surface area (Å²) in [6.07, 6.45) is 1.38. The summed E-state index contributed by atoms with van der Waals surface area (Å²) in [5.41, 5.74) is 7.04. The van der Waals surface area contributed by atoms with Crippen LogP contribution < -0.4 is 11.1 Å². The highest BCUT2D eigenvalue weighted by atomic mass is 35.5. The Hall–Kier alpha value is -2.66.